The lowest BCUT2D eigenvalue weighted by atomic mass is 9.98. The zero-order chi connectivity index (χ0) is 10.9. The van der Waals surface area contributed by atoms with E-state index in [2.05, 4.69) is 6.58 Å². The van der Waals surface area contributed by atoms with Gasteiger partial charge in [0.25, 0.3) is 0 Å². The summed E-state index contributed by atoms with van der Waals surface area (Å²) in [5, 5.41) is 8.91. The lowest BCUT2D eigenvalue weighted by Crippen LogP contribution is -2.09. The predicted molar refractivity (Wildman–Crippen MR) is 65.6 cm³/mol. The van der Waals surface area contributed by atoms with Crippen LogP contribution in [0.2, 0.25) is 0 Å². The Labute approximate surface area is 92.5 Å². The molecule has 1 aliphatic rings. The number of aliphatic hydroxyl groups excluding tert-OH is 1. The van der Waals surface area contributed by atoms with Crippen LogP contribution in [-0.4, -0.2) is 11.2 Å². The Bertz CT molecular complexity index is 260. The molecule has 0 unspecified atom stereocenters. The smallest absolute Gasteiger partial charge is 0.0540 e. The van der Waals surface area contributed by atoms with Crippen LogP contribution in [-0.2, 0) is 0 Å². The maximum atomic E-state index is 8.91. The van der Waals surface area contributed by atoms with E-state index in [1.54, 1.807) is 0 Å². The van der Waals surface area contributed by atoms with Gasteiger partial charge in [-0.25, -0.2) is 0 Å². The van der Waals surface area contributed by atoms with Crippen LogP contribution >= 0.6 is 0 Å². The highest BCUT2D eigenvalue weighted by Gasteiger charge is 2.07. The Kier molecular flexibility index (Phi) is 5.79. The lowest BCUT2D eigenvalue weighted by Gasteiger charge is -2.14. The number of hydrogen-bond acceptors (Lipinski definition) is 1. The molecule has 1 N–H and O–H groups in total. The van der Waals surface area contributed by atoms with E-state index in [4.69, 9.17) is 5.11 Å². The van der Waals surface area contributed by atoms with E-state index in [0.29, 0.717) is 0 Å². The molecule has 0 radical (unpaired) electrons. The van der Waals surface area contributed by atoms with Crippen molar-refractivity contribution in [2.24, 2.45) is 0 Å². The van der Waals surface area contributed by atoms with Crippen molar-refractivity contribution in [1.29, 1.82) is 0 Å². The Balaban J connectivity index is 0.000000151. The van der Waals surface area contributed by atoms with Crippen LogP contribution in [0.25, 0.3) is 6.08 Å². The predicted octanol–water partition coefficient (Wildman–Crippen LogP) is 3.64. The maximum absolute atomic E-state index is 8.91. The highest BCUT2D eigenvalue weighted by molar-refractivity contribution is 5.45. The summed E-state index contributed by atoms with van der Waals surface area (Å²) >= 11 is 0. The van der Waals surface area contributed by atoms with E-state index in [1.807, 2.05) is 36.4 Å². The van der Waals surface area contributed by atoms with Crippen LogP contribution in [0.3, 0.4) is 0 Å². The maximum Gasteiger partial charge on any atom is 0.0540 e. The van der Waals surface area contributed by atoms with Crippen molar-refractivity contribution in [2.75, 3.05) is 0 Å². The Hall–Kier alpha value is -1.08. The summed E-state index contributed by atoms with van der Waals surface area (Å²) in [6.07, 6.45) is 7.76. The molecule has 1 aromatic carbocycles. The fourth-order valence-corrected chi connectivity index (χ4v) is 1.67. The van der Waals surface area contributed by atoms with Crippen molar-refractivity contribution in [3.63, 3.8) is 0 Å². The molecule has 0 spiro atoms. The van der Waals surface area contributed by atoms with Gasteiger partial charge in [0, 0.05) is 0 Å². The summed E-state index contributed by atoms with van der Waals surface area (Å²) < 4.78 is 0. The highest BCUT2D eigenvalue weighted by Crippen LogP contribution is 2.16. The summed E-state index contributed by atoms with van der Waals surface area (Å²) in [6.45, 7) is 3.63. The number of hydrogen-bond donors (Lipinski definition) is 1. The minimum absolute atomic E-state index is 0.0359. The van der Waals surface area contributed by atoms with E-state index in [-0.39, 0.29) is 6.10 Å². The van der Waals surface area contributed by atoms with Crippen molar-refractivity contribution < 1.29 is 5.11 Å². The topological polar surface area (TPSA) is 20.2 Å². The van der Waals surface area contributed by atoms with Gasteiger partial charge in [0.2, 0.25) is 0 Å². The number of rotatable bonds is 1. The van der Waals surface area contributed by atoms with Gasteiger partial charge in [-0.1, -0.05) is 62.2 Å². The fourth-order valence-electron chi connectivity index (χ4n) is 1.67. The molecule has 1 saturated carbocycles. The monoisotopic (exact) mass is 204 g/mol. The van der Waals surface area contributed by atoms with Crippen LogP contribution in [0.1, 0.15) is 37.7 Å². The average molecular weight is 204 g/mol. The lowest BCUT2D eigenvalue weighted by molar-refractivity contribution is 0.130. The zero-order valence-corrected chi connectivity index (χ0v) is 9.23. The zero-order valence-electron chi connectivity index (χ0n) is 9.23. The van der Waals surface area contributed by atoms with E-state index < -0.39 is 0 Å². The minimum atomic E-state index is 0.0359. The molecule has 2 rings (SSSR count). The first-order valence-corrected chi connectivity index (χ1v) is 5.68. The molecule has 1 aliphatic carbocycles. The standard InChI is InChI=1S/C8H8.C6H12O/c1-2-8-6-4-3-5-7-8;7-6-4-2-1-3-5-6/h2-7H,1H2;6-7H,1-5H2. The van der Waals surface area contributed by atoms with Gasteiger partial charge in [0.15, 0.2) is 0 Å². The van der Waals surface area contributed by atoms with Crippen molar-refractivity contribution in [3.05, 3.63) is 42.5 Å². The molecule has 1 heteroatoms. The summed E-state index contributed by atoms with van der Waals surface area (Å²) in [5.41, 5.74) is 1.17. The third kappa shape index (κ3) is 5.38. The van der Waals surface area contributed by atoms with Crippen LogP contribution in [0.5, 0.6) is 0 Å². The van der Waals surface area contributed by atoms with Crippen molar-refractivity contribution in [3.8, 4) is 0 Å². The number of benzene rings is 1. The third-order valence-electron chi connectivity index (χ3n) is 2.61. The van der Waals surface area contributed by atoms with Gasteiger partial charge < -0.3 is 5.11 Å². The Morgan fingerprint density at radius 1 is 1.07 bits per heavy atom. The fraction of sp³-hybridized carbons (Fsp3) is 0.429. The molecule has 0 amide bonds. The van der Waals surface area contributed by atoms with Crippen LogP contribution in [0.4, 0.5) is 0 Å². The van der Waals surface area contributed by atoms with Gasteiger partial charge >= 0.3 is 0 Å². The molecule has 0 heterocycles. The molecule has 1 aromatic rings. The summed E-state index contributed by atoms with van der Waals surface area (Å²) in [4.78, 5) is 0. The first-order chi connectivity index (χ1) is 7.33. The molecular weight excluding hydrogens is 184 g/mol. The molecule has 0 saturated heterocycles. The molecule has 15 heavy (non-hydrogen) atoms. The summed E-state index contributed by atoms with van der Waals surface area (Å²) in [7, 11) is 0. The van der Waals surface area contributed by atoms with Gasteiger partial charge in [-0.15, -0.1) is 0 Å². The Morgan fingerprint density at radius 2 is 1.67 bits per heavy atom. The number of aliphatic hydroxyl groups is 1. The molecule has 0 aliphatic heterocycles. The van der Waals surface area contributed by atoms with Crippen LogP contribution < -0.4 is 0 Å². The third-order valence-corrected chi connectivity index (χ3v) is 2.61. The first kappa shape index (κ1) is 12.0. The molecule has 0 atom stereocenters. The molecule has 1 nitrogen and oxygen atoms in total. The van der Waals surface area contributed by atoms with Gasteiger partial charge in [0.1, 0.15) is 0 Å². The minimum Gasteiger partial charge on any atom is -0.393 e. The molecule has 82 valence electrons. The second-order valence-electron chi connectivity index (χ2n) is 3.91. The van der Waals surface area contributed by atoms with Crippen LogP contribution in [0, 0.1) is 0 Å². The quantitative estimate of drug-likeness (QED) is 0.740. The first-order valence-electron chi connectivity index (χ1n) is 5.68. The summed E-state index contributed by atoms with van der Waals surface area (Å²) in [6, 6.07) is 10.0. The van der Waals surface area contributed by atoms with Crippen LogP contribution in [0.15, 0.2) is 36.9 Å². The molecule has 0 bridgehead atoms. The van der Waals surface area contributed by atoms with E-state index in [1.165, 1.54) is 24.8 Å². The summed E-state index contributed by atoms with van der Waals surface area (Å²) in [5.74, 6) is 0. The molecule has 0 aromatic heterocycles. The SMILES string of the molecule is C=Cc1ccccc1.OC1CCCCC1. The highest BCUT2D eigenvalue weighted by atomic mass is 16.3. The Morgan fingerprint density at radius 3 is 2.00 bits per heavy atom. The second kappa shape index (κ2) is 7.24. The van der Waals surface area contributed by atoms with E-state index in [0.717, 1.165) is 12.8 Å². The van der Waals surface area contributed by atoms with Crippen molar-refractivity contribution in [2.45, 2.75) is 38.2 Å². The van der Waals surface area contributed by atoms with E-state index >= 15 is 0 Å². The largest absolute Gasteiger partial charge is 0.393 e. The average Bonchev–Trinajstić information content (AvgIpc) is 2.32. The van der Waals surface area contributed by atoms with Gasteiger partial charge in [0.05, 0.1) is 6.10 Å². The van der Waals surface area contributed by atoms with E-state index in [9.17, 15) is 0 Å². The van der Waals surface area contributed by atoms with Crippen molar-refractivity contribution in [1.82, 2.24) is 0 Å². The van der Waals surface area contributed by atoms with Crippen molar-refractivity contribution >= 4 is 6.08 Å². The van der Waals surface area contributed by atoms with Gasteiger partial charge in [-0.2, -0.15) is 0 Å². The van der Waals surface area contributed by atoms with Gasteiger partial charge in [-0.3, -0.25) is 0 Å². The second-order valence-corrected chi connectivity index (χ2v) is 3.91. The normalized spacial score (nSPS) is 16.3. The molecule has 1 fully saturated rings. The molecular formula is C14H20O. The van der Waals surface area contributed by atoms with Gasteiger partial charge in [-0.05, 0) is 18.4 Å².